The Balaban J connectivity index is 1.33. The van der Waals surface area contributed by atoms with Crippen molar-refractivity contribution in [3.63, 3.8) is 0 Å². The number of benzene rings is 2. The van der Waals surface area contributed by atoms with Gasteiger partial charge in [0.05, 0.1) is 19.3 Å². The minimum atomic E-state index is -0.0552. The summed E-state index contributed by atoms with van der Waals surface area (Å²) >= 11 is 1.73. The molecule has 0 bridgehead atoms. The van der Waals surface area contributed by atoms with Gasteiger partial charge in [-0.2, -0.15) is 0 Å². The molecule has 2 aromatic carbocycles. The quantitative estimate of drug-likeness (QED) is 0.593. The van der Waals surface area contributed by atoms with E-state index in [0.29, 0.717) is 18.7 Å². The van der Waals surface area contributed by atoms with Crippen molar-refractivity contribution in [3.05, 3.63) is 88.1 Å². The first-order valence-corrected chi connectivity index (χ1v) is 11.1. The molecule has 1 atom stereocenters. The van der Waals surface area contributed by atoms with E-state index in [9.17, 15) is 4.79 Å². The van der Waals surface area contributed by atoms with Gasteiger partial charge in [0.25, 0.3) is 5.91 Å². The Morgan fingerprint density at radius 3 is 2.50 bits per heavy atom. The molecule has 0 radical (unpaired) electrons. The Labute approximate surface area is 181 Å². The van der Waals surface area contributed by atoms with Gasteiger partial charge >= 0.3 is 0 Å². The zero-order chi connectivity index (χ0) is 20.6. The van der Waals surface area contributed by atoms with Crippen LogP contribution in [0.25, 0.3) is 0 Å². The number of nitrogens with zero attached hydrogens (tertiary/aromatic N) is 1. The molecular weight excluding hydrogens is 396 g/mol. The fourth-order valence-corrected chi connectivity index (χ4v) is 4.37. The molecule has 5 nitrogen and oxygen atoms in total. The van der Waals surface area contributed by atoms with Crippen LogP contribution in [0, 0.1) is 0 Å². The third-order valence-electron chi connectivity index (χ3n) is 5.18. The highest BCUT2D eigenvalue weighted by atomic mass is 32.1. The Kier molecular flexibility index (Phi) is 7.13. The molecule has 30 heavy (non-hydrogen) atoms. The van der Waals surface area contributed by atoms with Crippen LogP contribution in [0.4, 0.5) is 0 Å². The normalized spacial score (nSPS) is 15.5. The van der Waals surface area contributed by atoms with Gasteiger partial charge in [-0.1, -0.05) is 36.4 Å². The van der Waals surface area contributed by atoms with Crippen LogP contribution in [0.15, 0.2) is 72.1 Å². The molecule has 156 valence electrons. The zero-order valence-electron chi connectivity index (χ0n) is 16.8. The third-order valence-corrected chi connectivity index (χ3v) is 6.15. The number of thiophene rings is 1. The maximum absolute atomic E-state index is 12.7. The molecule has 6 heteroatoms. The first-order chi connectivity index (χ1) is 14.8. The average molecular weight is 423 g/mol. The second-order valence-corrected chi connectivity index (χ2v) is 8.17. The van der Waals surface area contributed by atoms with Gasteiger partial charge in [-0.3, -0.25) is 9.69 Å². The molecule has 3 aromatic rings. The second-order valence-electron chi connectivity index (χ2n) is 7.19. The number of hydrogen-bond donors (Lipinski definition) is 1. The summed E-state index contributed by atoms with van der Waals surface area (Å²) in [5.41, 5.74) is 1.69. The molecule has 2 heterocycles. The van der Waals surface area contributed by atoms with E-state index in [1.807, 2.05) is 54.6 Å². The number of carbonyl (C=O) groups excluding carboxylic acids is 1. The smallest absolute Gasteiger partial charge is 0.251 e. The molecule has 1 aliphatic heterocycles. The van der Waals surface area contributed by atoms with E-state index in [1.165, 1.54) is 4.88 Å². The lowest BCUT2D eigenvalue weighted by Gasteiger charge is -2.34. The fourth-order valence-electron chi connectivity index (χ4n) is 3.51. The summed E-state index contributed by atoms with van der Waals surface area (Å²) in [6.45, 7) is 4.30. The number of nitrogens with one attached hydrogen (secondary N) is 1. The molecule has 1 N–H and O–H groups in total. The number of ether oxygens (including phenoxy) is 2. The van der Waals surface area contributed by atoms with E-state index in [0.717, 1.165) is 37.6 Å². The van der Waals surface area contributed by atoms with Crippen LogP contribution < -0.4 is 10.1 Å². The van der Waals surface area contributed by atoms with Gasteiger partial charge in [0, 0.05) is 30.1 Å². The monoisotopic (exact) mass is 422 g/mol. The molecule has 1 amide bonds. The van der Waals surface area contributed by atoms with Crippen molar-refractivity contribution in [3.8, 4) is 5.75 Å². The standard InChI is InChI=1S/C24H26N2O3S/c27-24(20-10-8-19(9-11-20)18-29-21-5-2-1-3-6-21)25-17-22(23-7-4-16-30-23)26-12-14-28-15-13-26/h1-11,16,22H,12-15,17-18H2,(H,25,27). The molecule has 1 saturated heterocycles. The predicted octanol–water partition coefficient (Wildman–Crippen LogP) is 4.13. The molecule has 1 aliphatic rings. The highest BCUT2D eigenvalue weighted by Crippen LogP contribution is 2.25. The highest BCUT2D eigenvalue weighted by Gasteiger charge is 2.24. The van der Waals surface area contributed by atoms with Crippen LogP contribution in [-0.4, -0.2) is 43.7 Å². The lowest BCUT2D eigenvalue weighted by Crippen LogP contribution is -2.43. The summed E-state index contributed by atoms with van der Waals surface area (Å²) in [6, 6.07) is 21.7. The van der Waals surface area contributed by atoms with Crippen molar-refractivity contribution in [2.75, 3.05) is 32.8 Å². The van der Waals surface area contributed by atoms with Crippen LogP contribution in [0.1, 0.15) is 26.8 Å². The van der Waals surface area contributed by atoms with Gasteiger partial charge in [0.2, 0.25) is 0 Å². The first-order valence-electron chi connectivity index (χ1n) is 10.2. The minimum absolute atomic E-state index is 0.0552. The summed E-state index contributed by atoms with van der Waals surface area (Å²) in [5.74, 6) is 0.780. The second kappa shape index (κ2) is 10.4. The van der Waals surface area contributed by atoms with E-state index in [2.05, 4.69) is 27.7 Å². The average Bonchev–Trinajstić information content (AvgIpc) is 3.34. The summed E-state index contributed by atoms with van der Waals surface area (Å²) in [4.78, 5) is 16.4. The van der Waals surface area contributed by atoms with Gasteiger partial charge in [-0.05, 0) is 41.3 Å². The highest BCUT2D eigenvalue weighted by molar-refractivity contribution is 7.10. The molecule has 1 aromatic heterocycles. The van der Waals surface area contributed by atoms with Crippen molar-refractivity contribution >= 4 is 17.2 Å². The third kappa shape index (κ3) is 5.48. The number of rotatable bonds is 8. The van der Waals surface area contributed by atoms with Gasteiger partial charge in [0.15, 0.2) is 0 Å². The van der Waals surface area contributed by atoms with Crippen molar-refractivity contribution in [2.24, 2.45) is 0 Å². The van der Waals surface area contributed by atoms with E-state index in [-0.39, 0.29) is 11.9 Å². The van der Waals surface area contributed by atoms with Crippen molar-refractivity contribution in [1.29, 1.82) is 0 Å². The van der Waals surface area contributed by atoms with Crippen LogP contribution >= 0.6 is 11.3 Å². The Bertz CT molecular complexity index is 907. The Hall–Kier alpha value is -2.67. The first kappa shape index (κ1) is 20.6. The van der Waals surface area contributed by atoms with E-state index < -0.39 is 0 Å². The topological polar surface area (TPSA) is 50.8 Å². The van der Waals surface area contributed by atoms with Crippen molar-refractivity contribution in [2.45, 2.75) is 12.6 Å². The maximum Gasteiger partial charge on any atom is 0.251 e. The number of morpholine rings is 1. The van der Waals surface area contributed by atoms with Crippen LogP contribution in [0.3, 0.4) is 0 Å². The van der Waals surface area contributed by atoms with Crippen molar-refractivity contribution in [1.82, 2.24) is 10.2 Å². The molecule has 0 aliphatic carbocycles. The largest absolute Gasteiger partial charge is 0.489 e. The molecule has 1 fully saturated rings. The fraction of sp³-hybridized carbons (Fsp3) is 0.292. The molecular formula is C24H26N2O3S. The zero-order valence-corrected chi connectivity index (χ0v) is 17.6. The summed E-state index contributed by atoms with van der Waals surface area (Å²) in [7, 11) is 0. The van der Waals surface area contributed by atoms with Crippen LogP contribution in [0.2, 0.25) is 0 Å². The Morgan fingerprint density at radius 1 is 1.03 bits per heavy atom. The summed E-state index contributed by atoms with van der Waals surface area (Å²) in [6.07, 6.45) is 0. The van der Waals surface area contributed by atoms with E-state index >= 15 is 0 Å². The van der Waals surface area contributed by atoms with E-state index in [1.54, 1.807) is 11.3 Å². The van der Waals surface area contributed by atoms with Crippen molar-refractivity contribution < 1.29 is 14.3 Å². The summed E-state index contributed by atoms with van der Waals surface area (Å²) < 4.78 is 11.3. The maximum atomic E-state index is 12.7. The van der Waals surface area contributed by atoms with Crippen LogP contribution in [-0.2, 0) is 11.3 Å². The number of amides is 1. The van der Waals surface area contributed by atoms with Gasteiger partial charge in [-0.15, -0.1) is 11.3 Å². The number of para-hydroxylation sites is 1. The minimum Gasteiger partial charge on any atom is -0.489 e. The van der Waals surface area contributed by atoms with E-state index in [4.69, 9.17) is 9.47 Å². The number of hydrogen-bond acceptors (Lipinski definition) is 5. The number of carbonyl (C=O) groups is 1. The summed E-state index contributed by atoms with van der Waals surface area (Å²) in [5, 5.41) is 5.20. The Morgan fingerprint density at radius 2 is 1.80 bits per heavy atom. The molecule has 0 spiro atoms. The molecule has 0 saturated carbocycles. The van der Waals surface area contributed by atoms with Gasteiger partial charge < -0.3 is 14.8 Å². The van der Waals surface area contributed by atoms with Gasteiger partial charge in [0.1, 0.15) is 12.4 Å². The molecule has 4 rings (SSSR count). The van der Waals surface area contributed by atoms with Gasteiger partial charge in [-0.25, -0.2) is 0 Å². The lowest BCUT2D eigenvalue weighted by molar-refractivity contribution is 0.0169. The van der Waals surface area contributed by atoms with Crippen LogP contribution in [0.5, 0.6) is 5.75 Å². The lowest BCUT2D eigenvalue weighted by atomic mass is 10.1. The SMILES string of the molecule is O=C(NCC(c1cccs1)N1CCOCC1)c1ccc(COc2ccccc2)cc1. The molecule has 1 unspecified atom stereocenters. The predicted molar refractivity (Wildman–Crippen MR) is 119 cm³/mol.